The number of hydrogen-bond acceptors (Lipinski definition) is 2. The Morgan fingerprint density at radius 1 is 1.43 bits per heavy atom. The van der Waals surface area contributed by atoms with E-state index in [0.717, 1.165) is 6.42 Å². The second-order valence-electron chi connectivity index (χ2n) is 5.37. The van der Waals surface area contributed by atoms with Crippen molar-refractivity contribution in [3.63, 3.8) is 0 Å². The number of halogens is 1. The third-order valence-corrected chi connectivity index (χ3v) is 3.06. The molecule has 0 aliphatic carbocycles. The van der Waals surface area contributed by atoms with Crippen molar-refractivity contribution in [3.8, 4) is 11.8 Å². The van der Waals surface area contributed by atoms with Gasteiger partial charge in [-0.05, 0) is 30.5 Å². The first-order chi connectivity index (χ1) is 9.95. The van der Waals surface area contributed by atoms with Crippen LogP contribution >= 0.6 is 0 Å². The van der Waals surface area contributed by atoms with Gasteiger partial charge in [-0.3, -0.25) is 4.79 Å². The normalized spacial score (nSPS) is 10.2. The number of amides is 1. The summed E-state index contributed by atoms with van der Waals surface area (Å²) >= 11 is 0. The summed E-state index contributed by atoms with van der Waals surface area (Å²) in [5.41, 5.74) is 0.762. The fraction of sp³-hybridized carbons (Fsp3) is 0.471. The number of aliphatic hydroxyl groups is 1. The second-order valence-corrected chi connectivity index (χ2v) is 5.37. The van der Waals surface area contributed by atoms with Crippen molar-refractivity contribution in [1.82, 2.24) is 4.90 Å². The van der Waals surface area contributed by atoms with E-state index in [1.54, 1.807) is 11.9 Å². The first kappa shape index (κ1) is 17.2. The summed E-state index contributed by atoms with van der Waals surface area (Å²) < 4.78 is 13.4. The van der Waals surface area contributed by atoms with Gasteiger partial charge in [0.2, 0.25) is 0 Å². The highest BCUT2D eigenvalue weighted by molar-refractivity contribution is 5.96. The quantitative estimate of drug-likeness (QED) is 0.847. The topological polar surface area (TPSA) is 40.5 Å². The van der Waals surface area contributed by atoms with Crippen molar-refractivity contribution in [2.24, 2.45) is 5.92 Å². The van der Waals surface area contributed by atoms with Crippen molar-refractivity contribution in [1.29, 1.82) is 0 Å². The molecule has 0 aliphatic heterocycles. The zero-order valence-corrected chi connectivity index (χ0v) is 12.8. The van der Waals surface area contributed by atoms with Crippen LogP contribution in [0.4, 0.5) is 4.39 Å². The minimum absolute atomic E-state index is 0.0359. The third-order valence-electron chi connectivity index (χ3n) is 3.06. The molecule has 0 saturated carbocycles. The summed E-state index contributed by atoms with van der Waals surface area (Å²) in [6.45, 7) is 4.76. The molecule has 114 valence electrons. The van der Waals surface area contributed by atoms with Crippen LogP contribution in [0, 0.1) is 23.6 Å². The van der Waals surface area contributed by atoms with E-state index in [1.807, 2.05) is 0 Å². The third kappa shape index (κ3) is 5.57. The highest BCUT2D eigenvalue weighted by Crippen LogP contribution is 2.14. The molecule has 0 heterocycles. The van der Waals surface area contributed by atoms with Gasteiger partial charge in [0.15, 0.2) is 0 Å². The summed E-state index contributed by atoms with van der Waals surface area (Å²) in [6.07, 6.45) is 1.22. The standard InChI is InChI=1S/C17H22FNO2/c1-13(2)9-10-19(3)17(21)16-12-15(18)8-7-14(16)6-4-5-11-20/h7-8,12-13,20H,5,9-11H2,1-3H3. The monoisotopic (exact) mass is 291 g/mol. The molecule has 1 aromatic rings. The molecule has 0 saturated heterocycles. The molecule has 1 rings (SSSR count). The largest absolute Gasteiger partial charge is 0.395 e. The molecule has 0 radical (unpaired) electrons. The number of carbonyl (C=O) groups excluding carboxylic acids is 1. The number of carbonyl (C=O) groups is 1. The van der Waals surface area contributed by atoms with Crippen LogP contribution in [0.3, 0.4) is 0 Å². The lowest BCUT2D eigenvalue weighted by Gasteiger charge is -2.19. The molecule has 4 heteroatoms. The Hall–Kier alpha value is -1.86. The smallest absolute Gasteiger partial charge is 0.254 e. The predicted octanol–water partition coefficient (Wildman–Crippen LogP) is 2.68. The van der Waals surface area contributed by atoms with Crippen LogP contribution in [0.2, 0.25) is 0 Å². The van der Waals surface area contributed by atoms with Crippen molar-refractivity contribution in [2.75, 3.05) is 20.2 Å². The molecule has 0 aliphatic rings. The lowest BCUT2D eigenvalue weighted by atomic mass is 10.1. The number of aliphatic hydroxyl groups excluding tert-OH is 1. The highest BCUT2D eigenvalue weighted by atomic mass is 19.1. The van der Waals surface area contributed by atoms with Gasteiger partial charge in [-0.2, -0.15) is 0 Å². The van der Waals surface area contributed by atoms with Gasteiger partial charge in [-0.25, -0.2) is 4.39 Å². The summed E-state index contributed by atoms with van der Waals surface area (Å²) in [4.78, 5) is 14.0. The van der Waals surface area contributed by atoms with Crippen LogP contribution in [0.15, 0.2) is 18.2 Å². The molecule has 0 unspecified atom stereocenters. The average Bonchev–Trinajstić information content (AvgIpc) is 2.45. The zero-order valence-electron chi connectivity index (χ0n) is 12.8. The molecule has 21 heavy (non-hydrogen) atoms. The van der Waals surface area contributed by atoms with E-state index in [0.29, 0.717) is 24.4 Å². The van der Waals surface area contributed by atoms with E-state index >= 15 is 0 Å². The lowest BCUT2D eigenvalue weighted by molar-refractivity contribution is 0.0788. The van der Waals surface area contributed by atoms with Crippen molar-refractivity contribution < 1.29 is 14.3 Å². The fourth-order valence-electron chi connectivity index (χ4n) is 1.78. The molecule has 3 nitrogen and oxygen atoms in total. The van der Waals surface area contributed by atoms with Gasteiger partial charge in [-0.15, -0.1) is 0 Å². The molecule has 0 fully saturated rings. The molecule has 1 amide bonds. The van der Waals surface area contributed by atoms with Crippen LogP contribution in [0.1, 0.15) is 42.6 Å². The summed E-state index contributed by atoms with van der Waals surface area (Å²) in [6, 6.07) is 4.01. The van der Waals surface area contributed by atoms with Crippen LogP contribution in [-0.2, 0) is 0 Å². The molecular weight excluding hydrogens is 269 g/mol. The molecule has 0 bridgehead atoms. The minimum Gasteiger partial charge on any atom is -0.395 e. The van der Waals surface area contributed by atoms with E-state index in [2.05, 4.69) is 25.7 Å². The maximum Gasteiger partial charge on any atom is 0.254 e. The number of rotatable bonds is 5. The van der Waals surface area contributed by atoms with Gasteiger partial charge in [0, 0.05) is 25.6 Å². The van der Waals surface area contributed by atoms with Crippen LogP contribution < -0.4 is 0 Å². The molecule has 1 N–H and O–H groups in total. The van der Waals surface area contributed by atoms with Gasteiger partial charge in [0.25, 0.3) is 5.91 Å². The number of nitrogens with zero attached hydrogens (tertiary/aromatic N) is 1. The minimum atomic E-state index is -0.455. The van der Waals surface area contributed by atoms with Crippen LogP contribution in [-0.4, -0.2) is 36.1 Å². The van der Waals surface area contributed by atoms with Gasteiger partial charge in [0.1, 0.15) is 5.82 Å². The van der Waals surface area contributed by atoms with Crippen molar-refractivity contribution >= 4 is 5.91 Å². The van der Waals surface area contributed by atoms with Gasteiger partial charge >= 0.3 is 0 Å². The van der Waals surface area contributed by atoms with E-state index in [-0.39, 0.29) is 18.1 Å². The Morgan fingerprint density at radius 2 is 2.14 bits per heavy atom. The average molecular weight is 291 g/mol. The Bertz CT molecular complexity index is 543. The first-order valence-corrected chi connectivity index (χ1v) is 7.10. The highest BCUT2D eigenvalue weighted by Gasteiger charge is 2.16. The Balaban J connectivity index is 2.96. The Morgan fingerprint density at radius 3 is 2.76 bits per heavy atom. The second kappa shape index (κ2) is 8.43. The molecule has 0 spiro atoms. The van der Waals surface area contributed by atoms with Crippen LogP contribution in [0.25, 0.3) is 0 Å². The molecule has 0 aromatic heterocycles. The predicted molar refractivity (Wildman–Crippen MR) is 81.4 cm³/mol. The number of hydrogen-bond donors (Lipinski definition) is 1. The van der Waals surface area contributed by atoms with E-state index in [9.17, 15) is 9.18 Å². The SMILES string of the molecule is CC(C)CCN(C)C(=O)c1cc(F)ccc1C#CCCO. The zero-order chi connectivity index (χ0) is 15.8. The summed E-state index contributed by atoms with van der Waals surface area (Å²) in [5.74, 6) is 5.39. The van der Waals surface area contributed by atoms with Crippen molar-refractivity contribution in [3.05, 3.63) is 35.1 Å². The Kier molecular flexibility index (Phi) is 6.90. The van der Waals surface area contributed by atoms with Gasteiger partial charge in [0.05, 0.1) is 12.2 Å². The molecule has 0 atom stereocenters. The van der Waals surface area contributed by atoms with E-state index < -0.39 is 5.82 Å². The maximum absolute atomic E-state index is 13.4. The lowest BCUT2D eigenvalue weighted by Crippen LogP contribution is -2.29. The molecule has 1 aromatic carbocycles. The summed E-state index contributed by atoms with van der Waals surface area (Å²) in [5, 5.41) is 8.74. The van der Waals surface area contributed by atoms with Crippen molar-refractivity contribution in [2.45, 2.75) is 26.7 Å². The molecular formula is C17H22FNO2. The Labute approximate surface area is 125 Å². The maximum atomic E-state index is 13.4. The summed E-state index contributed by atoms with van der Waals surface area (Å²) in [7, 11) is 1.71. The fourth-order valence-corrected chi connectivity index (χ4v) is 1.78. The van der Waals surface area contributed by atoms with Crippen LogP contribution in [0.5, 0.6) is 0 Å². The van der Waals surface area contributed by atoms with E-state index in [1.165, 1.54) is 18.2 Å². The van der Waals surface area contributed by atoms with Gasteiger partial charge < -0.3 is 10.0 Å². The van der Waals surface area contributed by atoms with Gasteiger partial charge in [-0.1, -0.05) is 25.7 Å². The number of benzene rings is 1. The first-order valence-electron chi connectivity index (χ1n) is 7.10. The van der Waals surface area contributed by atoms with E-state index in [4.69, 9.17) is 5.11 Å².